The Hall–Kier alpha value is -1.85. The zero-order valence-corrected chi connectivity index (χ0v) is 15.4. The van der Waals surface area contributed by atoms with E-state index in [1.165, 1.54) is 12.1 Å². The van der Waals surface area contributed by atoms with Gasteiger partial charge in [0.05, 0.1) is 5.92 Å². The number of sulfonamides is 1. The number of halogens is 3. The molecule has 1 unspecified atom stereocenters. The first kappa shape index (κ1) is 21.5. The van der Waals surface area contributed by atoms with E-state index in [-0.39, 0.29) is 18.4 Å². The van der Waals surface area contributed by atoms with Crippen LogP contribution in [0.15, 0.2) is 29.2 Å². The average molecular weight is 409 g/mol. The molecule has 1 aromatic carbocycles. The Morgan fingerprint density at radius 2 is 2.04 bits per heavy atom. The molecular formula is C16H22F3N3O4S. The molecule has 0 radical (unpaired) electrons. The summed E-state index contributed by atoms with van der Waals surface area (Å²) in [5.74, 6) is -1.33. The lowest BCUT2D eigenvalue weighted by Gasteiger charge is -2.31. The van der Waals surface area contributed by atoms with Crippen LogP contribution in [-0.4, -0.2) is 51.8 Å². The Labute approximate surface area is 155 Å². The van der Waals surface area contributed by atoms with E-state index in [1.54, 1.807) is 0 Å². The summed E-state index contributed by atoms with van der Waals surface area (Å²) in [5.41, 5.74) is 5.31. The number of likely N-dealkylation sites (tertiary alicyclic amines) is 1. The highest BCUT2D eigenvalue weighted by atomic mass is 32.2. The lowest BCUT2D eigenvalue weighted by Crippen LogP contribution is -2.42. The van der Waals surface area contributed by atoms with Gasteiger partial charge in [-0.3, -0.25) is 4.79 Å². The van der Waals surface area contributed by atoms with E-state index in [4.69, 9.17) is 5.73 Å². The van der Waals surface area contributed by atoms with Crippen molar-refractivity contribution in [2.24, 2.45) is 11.7 Å². The summed E-state index contributed by atoms with van der Waals surface area (Å²) < 4.78 is 68.0. The van der Waals surface area contributed by atoms with Crippen molar-refractivity contribution in [3.63, 3.8) is 0 Å². The Balaban J connectivity index is 1.89. The maximum Gasteiger partial charge on any atom is 0.573 e. The molecule has 27 heavy (non-hydrogen) atoms. The number of ether oxygens (including phenoxy) is 1. The molecule has 1 aromatic rings. The number of nitrogens with two attached hydrogens (primary N) is 1. The molecule has 11 heteroatoms. The van der Waals surface area contributed by atoms with Crippen LogP contribution in [0.4, 0.5) is 13.2 Å². The quantitative estimate of drug-likeness (QED) is 0.633. The molecule has 0 aliphatic carbocycles. The molecular weight excluding hydrogens is 387 g/mol. The standard InChI is InChI=1S/C16H22F3N3O4S/c17-16(18,19)26-13-6-1-2-7-14(13)27(24,25)21-8-4-10-22-9-3-5-12(11-22)15(20)23/h1-2,6-7,12,21H,3-5,8-11H2,(H2,20,23). The smallest absolute Gasteiger partial charge is 0.404 e. The Morgan fingerprint density at radius 3 is 2.70 bits per heavy atom. The highest BCUT2D eigenvalue weighted by molar-refractivity contribution is 7.89. The summed E-state index contributed by atoms with van der Waals surface area (Å²) >= 11 is 0. The maximum absolute atomic E-state index is 12.4. The maximum atomic E-state index is 12.4. The number of hydrogen-bond acceptors (Lipinski definition) is 5. The first-order valence-electron chi connectivity index (χ1n) is 8.44. The zero-order valence-electron chi connectivity index (χ0n) is 14.5. The Kier molecular flexibility index (Phi) is 7.06. The number of nitrogens with zero attached hydrogens (tertiary/aromatic N) is 1. The Morgan fingerprint density at radius 1 is 1.33 bits per heavy atom. The number of primary amides is 1. The first-order chi connectivity index (χ1) is 12.6. The lowest BCUT2D eigenvalue weighted by atomic mass is 9.97. The van der Waals surface area contributed by atoms with Crippen LogP contribution in [0.25, 0.3) is 0 Å². The van der Waals surface area contributed by atoms with Crippen LogP contribution in [0.2, 0.25) is 0 Å². The van der Waals surface area contributed by atoms with E-state index in [9.17, 15) is 26.4 Å². The SMILES string of the molecule is NC(=O)C1CCCN(CCCNS(=O)(=O)c2ccccc2OC(F)(F)F)C1. The highest BCUT2D eigenvalue weighted by Gasteiger charge is 2.34. The third-order valence-electron chi connectivity index (χ3n) is 4.22. The molecule has 1 aliphatic heterocycles. The van der Waals surface area contributed by atoms with Crippen LogP contribution >= 0.6 is 0 Å². The van der Waals surface area contributed by atoms with Crippen molar-refractivity contribution in [3.05, 3.63) is 24.3 Å². The minimum Gasteiger partial charge on any atom is -0.404 e. The van der Waals surface area contributed by atoms with E-state index in [0.29, 0.717) is 19.5 Å². The molecule has 0 saturated carbocycles. The molecule has 1 heterocycles. The first-order valence-corrected chi connectivity index (χ1v) is 9.93. The average Bonchev–Trinajstić information content (AvgIpc) is 2.58. The molecule has 7 nitrogen and oxygen atoms in total. The molecule has 0 aromatic heterocycles. The van der Waals surface area contributed by atoms with Crippen molar-refractivity contribution in [2.45, 2.75) is 30.5 Å². The summed E-state index contributed by atoms with van der Waals surface area (Å²) in [7, 11) is -4.16. The predicted octanol–water partition coefficient (Wildman–Crippen LogP) is 1.45. The number of carbonyl (C=O) groups excluding carboxylic acids is 1. The van der Waals surface area contributed by atoms with Crippen LogP contribution in [-0.2, 0) is 14.8 Å². The van der Waals surface area contributed by atoms with E-state index in [0.717, 1.165) is 31.5 Å². The zero-order chi connectivity index (χ0) is 20.1. The van der Waals surface area contributed by atoms with Crippen molar-refractivity contribution in [3.8, 4) is 5.75 Å². The molecule has 0 spiro atoms. The number of hydrogen-bond donors (Lipinski definition) is 2. The number of carbonyl (C=O) groups is 1. The molecule has 1 saturated heterocycles. The number of rotatable bonds is 8. The van der Waals surface area contributed by atoms with Gasteiger partial charge in [0.2, 0.25) is 15.9 Å². The van der Waals surface area contributed by atoms with Crippen molar-refractivity contribution in [1.29, 1.82) is 0 Å². The normalized spacial score (nSPS) is 19.0. The summed E-state index contributed by atoms with van der Waals surface area (Å²) in [6.07, 6.45) is -2.97. The molecule has 1 atom stereocenters. The topological polar surface area (TPSA) is 102 Å². The second kappa shape index (κ2) is 8.89. The third kappa shape index (κ3) is 6.67. The van der Waals surface area contributed by atoms with Gasteiger partial charge in [0, 0.05) is 13.1 Å². The number of nitrogens with one attached hydrogen (secondary N) is 1. The predicted molar refractivity (Wildman–Crippen MR) is 91.3 cm³/mol. The van der Waals surface area contributed by atoms with Gasteiger partial charge in [-0.25, -0.2) is 13.1 Å². The van der Waals surface area contributed by atoms with E-state index in [2.05, 4.69) is 9.46 Å². The van der Waals surface area contributed by atoms with Gasteiger partial charge in [0.25, 0.3) is 0 Å². The fourth-order valence-corrected chi connectivity index (χ4v) is 4.16. The number of para-hydroxylation sites is 1. The van der Waals surface area contributed by atoms with Gasteiger partial charge in [0.15, 0.2) is 0 Å². The van der Waals surface area contributed by atoms with Crippen LogP contribution < -0.4 is 15.2 Å². The summed E-state index contributed by atoms with van der Waals surface area (Å²) in [4.78, 5) is 12.7. The number of alkyl halides is 3. The van der Waals surface area contributed by atoms with E-state index < -0.39 is 27.0 Å². The summed E-state index contributed by atoms with van der Waals surface area (Å²) in [5, 5.41) is 0. The van der Waals surface area contributed by atoms with E-state index in [1.807, 2.05) is 4.90 Å². The van der Waals surface area contributed by atoms with Crippen LogP contribution in [0, 0.1) is 5.92 Å². The monoisotopic (exact) mass is 409 g/mol. The lowest BCUT2D eigenvalue weighted by molar-refractivity contribution is -0.275. The van der Waals surface area contributed by atoms with Crippen molar-refractivity contribution < 1.29 is 31.1 Å². The third-order valence-corrected chi connectivity index (χ3v) is 5.72. The van der Waals surface area contributed by atoms with Gasteiger partial charge in [0.1, 0.15) is 10.6 Å². The van der Waals surface area contributed by atoms with Gasteiger partial charge in [-0.2, -0.15) is 0 Å². The fourth-order valence-electron chi connectivity index (χ4n) is 2.96. The Bertz CT molecular complexity index is 756. The van der Waals surface area contributed by atoms with Crippen LogP contribution in [0.3, 0.4) is 0 Å². The molecule has 1 fully saturated rings. The molecule has 1 amide bonds. The fraction of sp³-hybridized carbons (Fsp3) is 0.562. The second-order valence-electron chi connectivity index (χ2n) is 6.29. The minimum atomic E-state index is -4.99. The molecule has 152 valence electrons. The van der Waals surface area contributed by atoms with Gasteiger partial charge < -0.3 is 15.4 Å². The highest BCUT2D eigenvalue weighted by Crippen LogP contribution is 2.29. The largest absolute Gasteiger partial charge is 0.573 e. The molecule has 3 N–H and O–H groups in total. The number of benzene rings is 1. The summed E-state index contributed by atoms with van der Waals surface area (Å²) in [6.45, 7) is 1.91. The summed E-state index contributed by atoms with van der Waals surface area (Å²) in [6, 6.07) is 4.56. The molecule has 0 bridgehead atoms. The molecule has 2 rings (SSSR count). The molecule has 1 aliphatic rings. The van der Waals surface area contributed by atoms with Gasteiger partial charge in [-0.05, 0) is 44.5 Å². The van der Waals surface area contributed by atoms with Crippen molar-refractivity contribution in [1.82, 2.24) is 9.62 Å². The minimum absolute atomic E-state index is 0.0421. The van der Waals surface area contributed by atoms with E-state index >= 15 is 0 Å². The van der Waals surface area contributed by atoms with Crippen molar-refractivity contribution in [2.75, 3.05) is 26.2 Å². The van der Waals surface area contributed by atoms with Gasteiger partial charge in [-0.1, -0.05) is 12.1 Å². The van der Waals surface area contributed by atoms with Crippen LogP contribution in [0.5, 0.6) is 5.75 Å². The second-order valence-corrected chi connectivity index (χ2v) is 8.02. The van der Waals surface area contributed by atoms with Gasteiger partial charge >= 0.3 is 6.36 Å². The number of piperidine rings is 1. The number of amides is 1. The van der Waals surface area contributed by atoms with Crippen molar-refractivity contribution >= 4 is 15.9 Å². The van der Waals surface area contributed by atoms with Crippen LogP contribution in [0.1, 0.15) is 19.3 Å². The van der Waals surface area contributed by atoms with Gasteiger partial charge in [-0.15, -0.1) is 13.2 Å².